The van der Waals surface area contributed by atoms with Gasteiger partial charge in [-0.15, -0.1) is 0 Å². The zero-order valence-corrected chi connectivity index (χ0v) is 18.7. The van der Waals surface area contributed by atoms with Crippen LogP contribution >= 0.6 is 11.6 Å². The predicted molar refractivity (Wildman–Crippen MR) is 118 cm³/mol. The van der Waals surface area contributed by atoms with Crippen LogP contribution in [0.5, 0.6) is 5.75 Å². The van der Waals surface area contributed by atoms with Gasteiger partial charge in [0.2, 0.25) is 0 Å². The number of aliphatic carboxylic acids is 1. The normalized spacial score (nSPS) is 37.7. The van der Waals surface area contributed by atoms with Crippen molar-refractivity contribution in [2.24, 2.45) is 11.3 Å². The Morgan fingerprint density at radius 1 is 1.03 bits per heavy atom. The van der Waals surface area contributed by atoms with Gasteiger partial charge in [-0.1, -0.05) is 48.0 Å². The second-order valence-corrected chi connectivity index (χ2v) is 9.46. The van der Waals surface area contributed by atoms with E-state index in [9.17, 15) is 35.4 Å². The molecule has 2 bridgehead atoms. The zero-order chi connectivity index (χ0) is 24.2. The fourth-order valence-electron chi connectivity index (χ4n) is 5.35. The van der Waals surface area contributed by atoms with Crippen LogP contribution in [-0.2, 0) is 16.8 Å². The van der Waals surface area contributed by atoms with Crippen molar-refractivity contribution in [1.82, 2.24) is 0 Å². The van der Waals surface area contributed by atoms with E-state index in [0.29, 0.717) is 13.0 Å². The lowest BCUT2D eigenvalue weighted by Gasteiger charge is -2.54. The van der Waals surface area contributed by atoms with Gasteiger partial charge in [0.1, 0.15) is 17.3 Å². The second-order valence-electron chi connectivity index (χ2n) is 8.88. The van der Waals surface area contributed by atoms with Gasteiger partial charge < -0.3 is 35.4 Å². The van der Waals surface area contributed by atoms with Gasteiger partial charge in [0.05, 0.1) is 24.7 Å². The van der Waals surface area contributed by atoms with Crippen molar-refractivity contribution in [1.29, 1.82) is 0 Å². The van der Waals surface area contributed by atoms with Gasteiger partial charge in [-0.2, -0.15) is 0 Å². The molecule has 9 heteroatoms. The van der Waals surface area contributed by atoms with E-state index >= 15 is 0 Å². The number of rotatable bonds is 6. The van der Waals surface area contributed by atoms with Gasteiger partial charge in [-0.25, -0.2) is 0 Å². The molecule has 7 unspecified atom stereocenters. The number of benzene rings is 2. The van der Waals surface area contributed by atoms with Gasteiger partial charge in [0.25, 0.3) is 0 Å². The number of halogens is 1. The van der Waals surface area contributed by atoms with Gasteiger partial charge >= 0.3 is 5.97 Å². The molecule has 2 saturated carbocycles. The lowest BCUT2D eigenvalue weighted by Crippen LogP contribution is -2.72. The maximum absolute atomic E-state index is 12.1. The van der Waals surface area contributed by atoms with Crippen LogP contribution in [0, 0.1) is 11.3 Å². The van der Waals surface area contributed by atoms with Crippen LogP contribution in [0.3, 0.4) is 0 Å². The highest BCUT2D eigenvalue weighted by Gasteiger charge is 2.79. The Morgan fingerprint density at radius 3 is 2.09 bits per heavy atom. The number of carbonyl (C=O) groups is 1. The van der Waals surface area contributed by atoms with Crippen LogP contribution < -0.4 is 4.74 Å². The van der Waals surface area contributed by atoms with Crippen molar-refractivity contribution in [3.8, 4) is 5.75 Å². The first kappa shape index (κ1) is 23.9. The Hall–Kier alpha value is -2.20. The number of alkyl halides is 1. The molecule has 6 N–H and O–H groups in total. The van der Waals surface area contributed by atoms with Crippen LogP contribution in [0.1, 0.15) is 30.0 Å². The smallest absolute Gasteiger partial charge is 0.315 e. The van der Waals surface area contributed by atoms with Crippen LogP contribution in [0.4, 0.5) is 0 Å². The van der Waals surface area contributed by atoms with Crippen molar-refractivity contribution in [2.75, 3.05) is 6.61 Å². The molecule has 0 heterocycles. The lowest BCUT2D eigenvalue weighted by molar-refractivity contribution is -0.274. The molecule has 2 fully saturated rings. The summed E-state index contributed by atoms with van der Waals surface area (Å²) < 4.78 is 5.43. The quantitative estimate of drug-likeness (QED) is 0.337. The molecule has 0 spiro atoms. The minimum absolute atomic E-state index is 0.0282. The highest BCUT2D eigenvalue weighted by molar-refractivity contribution is 6.24. The molecule has 2 aromatic rings. The molecule has 2 aliphatic carbocycles. The summed E-state index contributed by atoms with van der Waals surface area (Å²) in [4.78, 5) is 12.1. The Bertz CT molecular complexity index is 1020. The van der Waals surface area contributed by atoms with Crippen LogP contribution in [-0.4, -0.2) is 66.6 Å². The van der Waals surface area contributed by atoms with Crippen LogP contribution in [0.25, 0.3) is 0 Å². The van der Waals surface area contributed by atoms with Crippen LogP contribution in [0.15, 0.2) is 48.5 Å². The highest BCUT2D eigenvalue weighted by Crippen LogP contribution is 2.63. The Kier molecular flexibility index (Phi) is 5.97. The molecule has 0 amide bonds. The van der Waals surface area contributed by atoms with E-state index in [0.717, 1.165) is 16.9 Å². The molecule has 0 aromatic heterocycles. The first-order chi connectivity index (χ1) is 15.5. The highest BCUT2D eigenvalue weighted by atomic mass is 35.5. The molecule has 33 heavy (non-hydrogen) atoms. The van der Waals surface area contributed by atoms with E-state index in [2.05, 4.69) is 0 Å². The average molecular weight is 479 g/mol. The number of carboxylic acid groups (broad SMARTS) is 1. The summed E-state index contributed by atoms with van der Waals surface area (Å²) in [7, 11) is 0. The second kappa shape index (κ2) is 8.23. The number of fused-ring (bicyclic) bond motifs is 2. The zero-order valence-electron chi connectivity index (χ0n) is 17.9. The largest absolute Gasteiger partial charge is 0.494 e. The van der Waals surface area contributed by atoms with Crippen molar-refractivity contribution in [3.05, 3.63) is 65.2 Å². The third kappa shape index (κ3) is 3.36. The summed E-state index contributed by atoms with van der Waals surface area (Å²) in [6.45, 7) is 2.47. The Labute approximate surface area is 195 Å². The minimum Gasteiger partial charge on any atom is -0.494 e. The summed E-state index contributed by atoms with van der Waals surface area (Å²) in [5.74, 6) is -2.42. The molecule has 0 radical (unpaired) electrons. The molecule has 2 aromatic carbocycles. The van der Waals surface area contributed by atoms with E-state index in [1.807, 2.05) is 31.2 Å². The number of hydrogen-bond acceptors (Lipinski definition) is 7. The summed E-state index contributed by atoms with van der Waals surface area (Å²) in [6, 6.07) is 13.8. The number of ether oxygens (including phenoxy) is 1. The van der Waals surface area contributed by atoms with Gasteiger partial charge in [-0.3, -0.25) is 4.79 Å². The number of carboxylic acids is 1. The molecular formula is C24H27ClO8. The first-order valence-corrected chi connectivity index (χ1v) is 11.1. The summed E-state index contributed by atoms with van der Waals surface area (Å²) in [6.07, 6.45) is -5.60. The number of aliphatic hydroxyl groups excluding tert-OH is 3. The third-order valence-corrected chi connectivity index (χ3v) is 7.66. The van der Waals surface area contributed by atoms with E-state index in [-0.39, 0.29) is 5.56 Å². The monoisotopic (exact) mass is 478 g/mol. The van der Waals surface area contributed by atoms with E-state index in [1.165, 1.54) is 12.1 Å². The van der Waals surface area contributed by atoms with Gasteiger partial charge in [0.15, 0.2) is 10.7 Å². The Morgan fingerprint density at radius 2 is 1.58 bits per heavy atom. The molecule has 178 valence electrons. The fraction of sp³-hybridized carbons (Fsp3) is 0.458. The number of hydrogen-bond donors (Lipinski definition) is 6. The predicted octanol–water partition coefficient (Wildman–Crippen LogP) is 0.978. The minimum atomic E-state index is -2.72. The number of aliphatic hydroxyl groups is 5. The molecule has 7 atom stereocenters. The van der Waals surface area contributed by atoms with Crippen molar-refractivity contribution < 1.29 is 40.2 Å². The maximum atomic E-state index is 12.1. The van der Waals surface area contributed by atoms with Crippen LogP contribution in [0.2, 0.25) is 0 Å². The van der Waals surface area contributed by atoms with Crippen molar-refractivity contribution >= 4 is 17.6 Å². The molecule has 8 nitrogen and oxygen atoms in total. The SMILES string of the molecule is CCOc1ccc(Cc2ccc(C3(O)C(O)C4(C(=O)O)CC(O)C(C4O)C3(O)Cl)cc2)cc1. The molecular weight excluding hydrogens is 452 g/mol. The van der Waals surface area contributed by atoms with Gasteiger partial charge in [-0.05, 0) is 48.6 Å². The molecule has 0 aliphatic heterocycles. The van der Waals surface area contributed by atoms with Gasteiger partial charge in [0, 0.05) is 0 Å². The van der Waals surface area contributed by atoms with Crippen molar-refractivity contribution in [2.45, 2.75) is 48.7 Å². The summed E-state index contributed by atoms with van der Waals surface area (Å²) in [5, 5.41) is 61.6. The fourth-order valence-corrected chi connectivity index (χ4v) is 5.83. The third-order valence-electron chi connectivity index (χ3n) is 7.12. The molecule has 4 rings (SSSR count). The summed E-state index contributed by atoms with van der Waals surface area (Å²) in [5.41, 5.74) is -3.12. The average Bonchev–Trinajstić information content (AvgIpc) is 3.03. The standard InChI is InChI=1S/C24H27ClO8/c1-2-33-16-9-5-14(6-10-16)11-13-3-7-15(8-4-13)23(31)20(28)22(21(29)30)12-17(26)18(19(22)27)24(23,25)32/h3-10,17-20,26-28,31-32H,2,11-12H2,1H3,(H,29,30). The molecule has 0 saturated heterocycles. The maximum Gasteiger partial charge on any atom is 0.315 e. The summed E-state index contributed by atoms with van der Waals surface area (Å²) >= 11 is 6.29. The first-order valence-electron chi connectivity index (χ1n) is 10.7. The van der Waals surface area contributed by atoms with E-state index in [4.69, 9.17) is 16.3 Å². The molecule has 2 aliphatic rings. The van der Waals surface area contributed by atoms with E-state index < -0.39 is 52.7 Å². The topological polar surface area (TPSA) is 148 Å². The van der Waals surface area contributed by atoms with E-state index in [1.54, 1.807) is 12.1 Å². The Balaban J connectivity index is 1.67. The lowest BCUT2D eigenvalue weighted by atomic mass is 9.60. The van der Waals surface area contributed by atoms with Crippen molar-refractivity contribution in [3.63, 3.8) is 0 Å².